The van der Waals surface area contributed by atoms with E-state index in [0.717, 1.165) is 41.2 Å². The summed E-state index contributed by atoms with van der Waals surface area (Å²) in [6, 6.07) is 11.8. The molecule has 2 aliphatic heterocycles. The summed E-state index contributed by atoms with van der Waals surface area (Å²) in [7, 11) is 0. The quantitative estimate of drug-likeness (QED) is 0.608. The average Bonchev–Trinajstić information content (AvgIpc) is 3.44. The topological polar surface area (TPSA) is 40.3 Å². The number of thiophene rings is 1. The standard InChI is InChI=1S/C14H15F3N2.C8H11NOS/c1-9-6-11-10-4-2-3-5-12(10)18-13(11)7-19(9)8-14(15,16)17;1-2-8(11-5-1)10-7-3-4-9-6-7/h2-5,9,18H,6-8H2,1H3;1-2,5,7,9H,3-4,6H2. The highest BCUT2D eigenvalue weighted by Crippen LogP contribution is 2.31. The molecular weight excluding hydrogens is 411 g/mol. The molecule has 1 fully saturated rings. The minimum absolute atomic E-state index is 0.0895. The van der Waals surface area contributed by atoms with Crippen LogP contribution in [0.5, 0.6) is 5.06 Å². The van der Waals surface area contributed by atoms with Crippen LogP contribution < -0.4 is 10.1 Å². The lowest BCUT2D eigenvalue weighted by Crippen LogP contribution is -2.43. The van der Waals surface area contributed by atoms with E-state index >= 15 is 0 Å². The number of halogens is 3. The molecule has 2 unspecified atom stereocenters. The van der Waals surface area contributed by atoms with Crippen LogP contribution in [0.1, 0.15) is 24.6 Å². The third kappa shape index (κ3) is 5.17. The van der Waals surface area contributed by atoms with E-state index in [4.69, 9.17) is 4.74 Å². The van der Waals surface area contributed by atoms with E-state index in [-0.39, 0.29) is 6.04 Å². The van der Waals surface area contributed by atoms with Gasteiger partial charge in [-0.25, -0.2) is 0 Å². The second-order valence-corrected chi connectivity index (χ2v) is 8.78. The van der Waals surface area contributed by atoms with Crippen LogP contribution in [0.2, 0.25) is 0 Å². The van der Waals surface area contributed by atoms with E-state index in [1.165, 1.54) is 10.5 Å². The van der Waals surface area contributed by atoms with Gasteiger partial charge in [-0.2, -0.15) is 13.2 Å². The molecule has 4 nitrogen and oxygen atoms in total. The van der Waals surface area contributed by atoms with E-state index in [2.05, 4.69) is 10.3 Å². The van der Waals surface area contributed by atoms with Gasteiger partial charge in [-0.3, -0.25) is 4.90 Å². The Kier molecular flexibility index (Phi) is 6.36. The lowest BCUT2D eigenvalue weighted by Gasteiger charge is -2.33. The Bertz CT molecular complexity index is 948. The van der Waals surface area contributed by atoms with Crippen LogP contribution in [0, 0.1) is 0 Å². The van der Waals surface area contributed by atoms with Crippen LogP contribution >= 0.6 is 11.3 Å². The van der Waals surface area contributed by atoms with Crippen molar-refractivity contribution in [3.63, 3.8) is 0 Å². The monoisotopic (exact) mass is 437 g/mol. The molecule has 0 radical (unpaired) electrons. The van der Waals surface area contributed by atoms with Crippen LogP contribution in [-0.4, -0.2) is 47.8 Å². The molecule has 0 amide bonds. The summed E-state index contributed by atoms with van der Waals surface area (Å²) < 4.78 is 43.3. The Morgan fingerprint density at radius 1 is 1.20 bits per heavy atom. The Balaban J connectivity index is 0.000000168. The first-order valence-electron chi connectivity index (χ1n) is 10.2. The van der Waals surface area contributed by atoms with Gasteiger partial charge < -0.3 is 15.0 Å². The SMILES string of the molecule is CC1Cc2c([nH]c3ccccc23)CN1CC(F)(F)F.c1csc(OC2CCNC2)c1. The molecule has 0 saturated carbocycles. The smallest absolute Gasteiger partial charge is 0.401 e. The first-order valence-corrected chi connectivity index (χ1v) is 11.1. The van der Waals surface area contributed by atoms with E-state index in [1.807, 2.05) is 48.7 Å². The fraction of sp³-hybridized carbons (Fsp3) is 0.455. The zero-order chi connectivity index (χ0) is 21.1. The predicted octanol–water partition coefficient (Wildman–Crippen LogP) is 4.97. The number of ether oxygens (including phenoxy) is 1. The molecule has 162 valence electrons. The number of nitrogens with one attached hydrogen (secondary N) is 2. The Labute approximate surface area is 178 Å². The number of aromatic amines is 1. The molecule has 2 atom stereocenters. The van der Waals surface area contributed by atoms with Crippen molar-refractivity contribution in [1.29, 1.82) is 0 Å². The number of aromatic nitrogens is 1. The maximum atomic E-state index is 12.5. The summed E-state index contributed by atoms with van der Waals surface area (Å²) in [5, 5.41) is 7.48. The van der Waals surface area contributed by atoms with Crippen molar-refractivity contribution in [2.45, 2.75) is 44.6 Å². The lowest BCUT2D eigenvalue weighted by molar-refractivity contribution is -0.152. The van der Waals surface area contributed by atoms with Crippen molar-refractivity contribution in [1.82, 2.24) is 15.2 Å². The van der Waals surface area contributed by atoms with Crippen molar-refractivity contribution in [3.8, 4) is 5.06 Å². The number of rotatable bonds is 3. The van der Waals surface area contributed by atoms with E-state index in [1.54, 1.807) is 11.3 Å². The molecule has 3 aromatic rings. The first-order chi connectivity index (χ1) is 14.4. The van der Waals surface area contributed by atoms with E-state index in [0.29, 0.717) is 19.1 Å². The Hall–Kier alpha value is -2.03. The molecular formula is C22H26F3N3OS. The van der Waals surface area contributed by atoms with Gasteiger partial charge in [-0.1, -0.05) is 18.2 Å². The van der Waals surface area contributed by atoms with Crippen LogP contribution in [0.15, 0.2) is 41.8 Å². The summed E-state index contributed by atoms with van der Waals surface area (Å²) in [5.74, 6) is 0. The number of hydrogen-bond donors (Lipinski definition) is 2. The largest absolute Gasteiger partial charge is 0.479 e. The van der Waals surface area contributed by atoms with Gasteiger partial charge in [0, 0.05) is 35.7 Å². The molecule has 1 aromatic carbocycles. The molecule has 2 N–H and O–H groups in total. The molecule has 0 spiro atoms. The zero-order valence-corrected chi connectivity index (χ0v) is 17.7. The number of H-pyrrole nitrogens is 1. The van der Waals surface area contributed by atoms with Crippen LogP contribution in [-0.2, 0) is 13.0 Å². The van der Waals surface area contributed by atoms with Gasteiger partial charge in [0.2, 0.25) is 0 Å². The highest BCUT2D eigenvalue weighted by Gasteiger charge is 2.35. The van der Waals surface area contributed by atoms with Crippen LogP contribution in [0.4, 0.5) is 13.2 Å². The molecule has 2 aromatic heterocycles. The van der Waals surface area contributed by atoms with E-state index in [9.17, 15) is 13.2 Å². The van der Waals surface area contributed by atoms with Crippen molar-refractivity contribution >= 4 is 22.2 Å². The fourth-order valence-corrected chi connectivity index (χ4v) is 4.71. The second kappa shape index (κ2) is 8.99. The van der Waals surface area contributed by atoms with Crippen molar-refractivity contribution in [3.05, 3.63) is 53.0 Å². The number of nitrogens with zero attached hydrogens (tertiary/aromatic N) is 1. The van der Waals surface area contributed by atoms with Gasteiger partial charge in [-0.05, 0) is 55.5 Å². The summed E-state index contributed by atoms with van der Waals surface area (Å²) in [5.41, 5.74) is 3.10. The Morgan fingerprint density at radius 2 is 2.03 bits per heavy atom. The number of alkyl halides is 3. The van der Waals surface area contributed by atoms with Crippen molar-refractivity contribution in [2.75, 3.05) is 19.6 Å². The first kappa shape index (κ1) is 21.2. The molecule has 0 bridgehead atoms. The van der Waals surface area contributed by atoms with Crippen molar-refractivity contribution < 1.29 is 17.9 Å². The van der Waals surface area contributed by atoms with Gasteiger partial charge in [0.1, 0.15) is 6.10 Å². The molecule has 0 aliphatic carbocycles. The third-order valence-electron chi connectivity index (χ3n) is 5.56. The van der Waals surface area contributed by atoms with Gasteiger partial charge in [0.25, 0.3) is 0 Å². The molecule has 8 heteroatoms. The number of fused-ring (bicyclic) bond motifs is 3. The molecule has 4 heterocycles. The van der Waals surface area contributed by atoms with Gasteiger partial charge in [0.05, 0.1) is 6.54 Å². The Morgan fingerprint density at radius 3 is 2.73 bits per heavy atom. The van der Waals surface area contributed by atoms with Gasteiger partial charge in [-0.15, -0.1) is 11.3 Å². The van der Waals surface area contributed by atoms with Crippen LogP contribution in [0.25, 0.3) is 10.9 Å². The van der Waals surface area contributed by atoms with Gasteiger partial charge in [0.15, 0.2) is 5.06 Å². The molecule has 1 saturated heterocycles. The molecule has 5 rings (SSSR count). The lowest BCUT2D eigenvalue weighted by atomic mass is 9.98. The number of hydrogen-bond acceptors (Lipinski definition) is 4. The molecule has 30 heavy (non-hydrogen) atoms. The van der Waals surface area contributed by atoms with E-state index < -0.39 is 12.7 Å². The summed E-state index contributed by atoms with van der Waals surface area (Å²) in [6.07, 6.45) is -1.95. The normalized spacial score (nSPS) is 21.9. The maximum absolute atomic E-state index is 12.5. The maximum Gasteiger partial charge on any atom is 0.401 e. The molecule has 2 aliphatic rings. The highest BCUT2D eigenvalue weighted by atomic mass is 32.1. The number of para-hydroxylation sites is 1. The fourth-order valence-electron chi connectivity index (χ4n) is 4.07. The minimum atomic E-state index is -4.14. The number of benzene rings is 1. The highest BCUT2D eigenvalue weighted by molar-refractivity contribution is 7.11. The third-order valence-corrected chi connectivity index (χ3v) is 6.32. The zero-order valence-electron chi connectivity index (χ0n) is 16.8. The average molecular weight is 438 g/mol. The van der Waals surface area contributed by atoms with Crippen LogP contribution in [0.3, 0.4) is 0 Å². The summed E-state index contributed by atoms with van der Waals surface area (Å²) in [6.45, 7) is 3.44. The van der Waals surface area contributed by atoms with Crippen molar-refractivity contribution in [2.24, 2.45) is 0 Å². The second-order valence-electron chi connectivity index (χ2n) is 7.87. The minimum Gasteiger partial charge on any atom is -0.479 e. The summed E-state index contributed by atoms with van der Waals surface area (Å²) in [4.78, 5) is 4.73. The predicted molar refractivity (Wildman–Crippen MR) is 114 cm³/mol. The van der Waals surface area contributed by atoms with Gasteiger partial charge >= 0.3 is 6.18 Å². The summed E-state index contributed by atoms with van der Waals surface area (Å²) >= 11 is 1.66.